The van der Waals surface area contributed by atoms with E-state index in [1.165, 1.54) is 25.7 Å². The molecule has 1 aromatic carbocycles. The molecule has 1 rings (SSSR count). The summed E-state index contributed by atoms with van der Waals surface area (Å²) >= 11 is 0. The fourth-order valence-electron chi connectivity index (χ4n) is 2.79. The van der Waals surface area contributed by atoms with Gasteiger partial charge in [-0.05, 0) is 31.4 Å². The van der Waals surface area contributed by atoms with Crippen LogP contribution in [0, 0.1) is 0 Å². The summed E-state index contributed by atoms with van der Waals surface area (Å²) < 4.78 is 38.0. The highest BCUT2D eigenvalue weighted by Gasteiger charge is 2.21. The van der Waals surface area contributed by atoms with E-state index in [2.05, 4.69) is 6.92 Å². The molecule has 5 heteroatoms. The van der Waals surface area contributed by atoms with Crippen molar-refractivity contribution in [2.75, 3.05) is 6.61 Å². The van der Waals surface area contributed by atoms with Gasteiger partial charge in [-0.25, -0.2) is 0 Å². The van der Waals surface area contributed by atoms with Gasteiger partial charge in [0.15, 0.2) is 0 Å². The second-order valence-corrected chi connectivity index (χ2v) is 8.05. The second-order valence-electron chi connectivity index (χ2n) is 6.35. The maximum atomic E-state index is 11.5. The van der Waals surface area contributed by atoms with Crippen LogP contribution in [0.2, 0.25) is 0 Å². The van der Waals surface area contributed by atoms with Crippen LogP contribution in [-0.4, -0.2) is 24.8 Å². The van der Waals surface area contributed by atoms with Crippen LogP contribution >= 0.6 is 0 Å². The van der Waals surface area contributed by atoms with Gasteiger partial charge < -0.3 is 4.74 Å². The maximum absolute atomic E-state index is 11.5. The topological polar surface area (TPSA) is 63.6 Å². The largest absolute Gasteiger partial charge is 0.494 e. The smallest absolute Gasteiger partial charge is 0.267 e. The number of benzene rings is 1. The summed E-state index contributed by atoms with van der Waals surface area (Å²) in [6.45, 7) is 2.66. The number of hydrogen-bond acceptors (Lipinski definition) is 3. The first-order chi connectivity index (χ1) is 11.5. The lowest BCUT2D eigenvalue weighted by Crippen LogP contribution is -2.21. The first kappa shape index (κ1) is 21.0. The van der Waals surface area contributed by atoms with Gasteiger partial charge in [0.05, 0.1) is 11.9 Å². The molecular weight excluding hydrogens is 324 g/mol. The van der Waals surface area contributed by atoms with Gasteiger partial charge in [-0.2, -0.15) is 8.42 Å². The van der Waals surface area contributed by atoms with E-state index in [4.69, 9.17) is 4.74 Å². The van der Waals surface area contributed by atoms with Gasteiger partial charge in [-0.1, -0.05) is 70.1 Å². The molecule has 1 aromatic rings. The minimum atomic E-state index is -3.97. The van der Waals surface area contributed by atoms with Gasteiger partial charge >= 0.3 is 0 Å². The number of rotatable bonds is 14. The van der Waals surface area contributed by atoms with E-state index in [-0.39, 0.29) is 0 Å². The molecule has 0 saturated carbocycles. The number of unbranched alkanes of at least 4 members (excludes halogenated alkanes) is 6. The molecule has 0 aliphatic rings. The molecule has 0 bridgehead atoms. The third-order valence-corrected chi connectivity index (χ3v) is 5.55. The SMILES string of the molecule is CCCCCCCCCC(CCCOc1ccccc1)S(=O)(=O)O. The van der Waals surface area contributed by atoms with Crippen molar-refractivity contribution in [2.45, 2.75) is 76.4 Å². The van der Waals surface area contributed by atoms with Crippen molar-refractivity contribution < 1.29 is 17.7 Å². The van der Waals surface area contributed by atoms with Crippen LogP contribution in [0.4, 0.5) is 0 Å². The molecule has 0 spiro atoms. The first-order valence-corrected chi connectivity index (χ1v) is 10.7. The van der Waals surface area contributed by atoms with Crippen molar-refractivity contribution >= 4 is 10.1 Å². The summed E-state index contributed by atoms with van der Waals surface area (Å²) in [5, 5.41) is -0.660. The van der Waals surface area contributed by atoms with Crippen LogP contribution in [0.25, 0.3) is 0 Å². The van der Waals surface area contributed by atoms with Crippen molar-refractivity contribution in [2.24, 2.45) is 0 Å². The highest BCUT2D eigenvalue weighted by atomic mass is 32.2. The van der Waals surface area contributed by atoms with E-state index in [0.717, 1.165) is 25.0 Å². The summed E-state index contributed by atoms with van der Waals surface area (Å²) in [4.78, 5) is 0. The molecular formula is C19H32O4S. The lowest BCUT2D eigenvalue weighted by atomic mass is 10.1. The lowest BCUT2D eigenvalue weighted by molar-refractivity contribution is 0.303. The molecule has 0 amide bonds. The van der Waals surface area contributed by atoms with Crippen molar-refractivity contribution in [1.29, 1.82) is 0 Å². The first-order valence-electron chi connectivity index (χ1n) is 9.18. The molecule has 0 heterocycles. The van der Waals surface area contributed by atoms with Gasteiger partial charge in [0, 0.05) is 0 Å². The summed E-state index contributed by atoms with van der Waals surface area (Å²) in [5.74, 6) is 0.785. The summed E-state index contributed by atoms with van der Waals surface area (Å²) in [6, 6.07) is 9.47. The minimum Gasteiger partial charge on any atom is -0.494 e. The molecule has 24 heavy (non-hydrogen) atoms. The zero-order chi connectivity index (χ0) is 17.7. The van der Waals surface area contributed by atoms with E-state index in [0.29, 0.717) is 25.9 Å². The Balaban J connectivity index is 2.20. The van der Waals surface area contributed by atoms with Crippen molar-refractivity contribution in [1.82, 2.24) is 0 Å². The second kappa shape index (κ2) is 12.3. The summed E-state index contributed by atoms with van der Waals surface area (Å²) in [6.07, 6.45) is 9.63. The molecule has 1 atom stereocenters. The molecule has 138 valence electrons. The molecule has 1 unspecified atom stereocenters. The Kier molecular flexibility index (Phi) is 10.8. The quantitative estimate of drug-likeness (QED) is 0.365. The Morgan fingerprint density at radius 2 is 1.50 bits per heavy atom. The third-order valence-electron chi connectivity index (χ3n) is 4.23. The van der Waals surface area contributed by atoms with E-state index in [1.807, 2.05) is 30.3 Å². The standard InChI is InChI=1S/C19H32O4S/c1-2-3-4-5-6-7-11-15-19(24(20,21)22)16-12-17-23-18-13-9-8-10-14-18/h8-10,13-14,19H,2-7,11-12,15-17H2,1H3,(H,20,21,22). The zero-order valence-electron chi connectivity index (χ0n) is 14.8. The number of hydrogen-bond donors (Lipinski definition) is 1. The van der Waals surface area contributed by atoms with Crippen LogP contribution in [-0.2, 0) is 10.1 Å². The van der Waals surface area contributed by atoms with Gasteiger partial charge in [0.1, 0.15) is 5.75 Å². The Morgan fingerprint density at radius 1 is 0.917 bits per heavy atom. The molecule has 0 radical (unpaired) electrons. The predicted molar refractivity (Wildman–Crippen MR) is 99.1 cm³/mol. The Labute approximate surface area is 147 Å². The van der Waals surface area contributed by atoms with Gasteiger partial charge in [-0.15, -0.1) is 0 Å². The Morgan fingerprint density at radius 3 is 2.12 bits per heavy atom. The lowest BCUT2D eigenvalue weighted by Gasteiger charge is -2.14. The van der Waals surface area contributed by atoms with E-state index >= 15 is 0 Å². The average molecular weight is 357 g/mol. The normalized spacial score (nSPS) is 12.9. The molecule has 4 nitrogen and oxygen atoms in total. The summed E-state index contributed by atoms with van der Waals surface area (Å²) in [5.41, 5.74) is 0. The van der Waals surface area contributed by atoms with Crippen LogP contribution in [0.1, 0.15) is 71.1 Å². The average Bonchev–Trinajstić information content (AvgIpc) is 2.55. The minimum absolute atomic E-state index is 0.446. The van der Waals surface area contributed by atoms with E-state index in [9.17, 15) is 13.0 Å². The van der Waals surface area contributed by atoms with E-state index in [1.54, 1.807) is 0 Å². The molecule has 1 N–H and O–H groups in total. The molecule has 0 fully saturated rings. The van der Waals surface area contributed by atoms with Crippen molar-refractivity contribution in [3.63, 3.8) is 0 Å². The third kappa shape index (κ3) is 9.93. The van der Waals surface area contributed by atoms with Crippen molar-refractivity contribution in [3.05, 3.63) is 30.3 Å². The molecule has 0 aromatic heterocycles. The number of ether oxygens (including phenoxy) is 1. The fourth-order valence-corrected chi connectivity index (χ4v) is 3.72. The van der Waals surface area contributed by atoms with Crippen LogP contribution in [0.5, 0.6) is 5.75 Å². The van der Waals surface area contributed by atoms with Gasteiger partial charge in [0.2, 0.25) is 0 Å². The monoisotopic (exact) mass is 356 g/mol. The van der Waals surface area contributed by atoms with Crippen LogP contribution in [0.3, 0.4) is 0 Å². The predicted octanol–water partition coefficient (Wildman–Crippen LogP) is 5.24. The fraction of sp³-hybridized carbons (Fsp3) is 0.684. The Hall–Kier alpha value is -1.07. The molecule has 0 aliphatic carbocycles. The number of para-hydroxylation sites is 1. The van der Waals surface area contributed by atoms with Crippen LogP contribution < -0.4 is 4.74 Å². The summed E-state index contributed by atoms with van der Waals surface area (Å²) in [7, 11) is -3.97. The van der Waals surface area contributed by atoms with Gasteiger partial charge in [-0.3, -0.25) is 4.55 Å². The molecule has 0 saturated heterocycles. The molecule has 0 aliphatic heterocycles. The maximum Gasteiger partial charge on any atom is 0.267 e. The highest BCUT2D eigenvalue weighted by Crippen LogP contribution is 2.18. The van der Waals surface area contributed by atoms with Crippen molar-refractivity contribution in [3.8, 4) is 5.75 Å². The van der Waals surface area contributed by atoms with E-state index < -0.39 is 15.4 Å². The Bertz CT molecular complexity index is 513. The van der Waals surface area contributed by atoms with Gasteiger partial charge in [0.25, 0.3) is 10.1 Å². The highest BCUT2D eigenvalue weighted by molar-refractivity contribution is 7.86. The van der Waals surface area contributed by atoms with Crippen LogP contribution in [0.15, 0.2) is 30.3 Å². The zero-order valence-corrected chi connectivity index (χ0v) is 15.6.